The van der Waals surface area contributed by atoms with Crippen molar-refractivity contribution in [3.63, 3.8) is 0 Å². The van der Waals surface area contributed by atoms with E-state index in [0.29, 0.717) is 59.4 Å². The van der Waals surface area contributed by atoms with Crippen LogP contribution >= 0.6 is 0 Å². The molecule has 2 atom stereocenters. The summed E-state index contributed by atoms with van der Waals surface area (Å²) in [5.41, 5.74) is 2.26. The van der Waals surface area contributed by atoms with Gasteiger partial charge in [0.1, 0.15) is 37.4 Å². The standard InChI is InChI=1S/C24H25NO5/c1-15-4-2-3-9-25(15)13-18-20(26)7-6-17-23(27)19(14-30-24(17)18)16-5-8-21-22(12-16)29-11-10-28-21/h5-8,12,14-15,26H,2-4,9-11,13H2,1H3/p+1/t15-/m1/s1. The van der Waals surface area contributed by atoms with E-state index in [1.165, 1.54) is 30.4 Å². The minimum absolute atomic E-state index is 0.115. The van der Waals surface area contributed by atoms with Crippen LogP contribution in [-0.2, 0) is 6.54 Å². The zero-order valence-electron chi connectivity index (χ0n) is 17.1. The van der Waals surface area contributed by atoms with Crippen molar-refractivity contribution in [3.8, 4) is 28.4 Å². The molecular formula is C24H26NO5+. The third-order valence-electron chi connectivity index (χ3n) is 6.36. The molecule has 2 N–H and O–H groups in total. The number of quaternary nitrogens is 1. The second-order valence-electron chi connectivity index (χ2n) is 8.26. The first-order chi connectivity index (χ1) is 14.6. The molecule has 0 bridgehead atoms. The third kappa shape index (κ3) is 3.31. The maximum atomic E-state index is 13.3. The molecule has 3 heterocycles. The monoisotopic (exact) mass is 408 g/mol. The lowest BCUT2D eigenvalue weighted by atomic mass is 10.0. The minimum atomic E-state index is -0.115. The van der Waals surface area contributed by atoms with E-state index in [-0.39, 0.29) is 11.2 Å². The average molecular weight is 408 g/mol. The predicted octanol–water partition coefficient (Wildman–Crippen LogP) is 2.89. The molecule has 2 aromatic carbocycles. The van der Waals surface area contributed by atoms with Crippen LogP contribution < -0.4 is 19.8 Å². The average Bonchev–Trinajstić information content (AvgIpc) is 2.77. The molecule has 0 aliphatic carbocycles. The Kier molecular flexibility index (Phi) is 4.87. The Morgan fingerprint density at radius 3 is 2.77 bits per heavy atom. The molecule has 0 amide bonds. The number of phenolic OH excluding ortho intramolecular Hbond substituents is 1. The smallest absolute Gasteiger partial charge is 0.200 e. The van der Waals surface area contributed by atoms with Crippen LogP contribution in [0.5, 0.6) is 17.2 Å². The van der Waals surface area contributed by atoms with Gasteiger partial charge in [-0.3, -0.25) is 4.79 Å². The molecule has 5 rings (SSSR count). The summed E-state index contributed by atoms with van der Waals surface area (Å²) in [6.45, 7) is 4.97. The molecule has 1 unspecified atom stereocenters. The van der Waals surface area contributed by atoms with Crippen molar-refractivity contribution < 1.29 is 23.9 Å². The lowest BCUT2D eigenvalue weighted by Crippen LogP contribution is -3.14. The first-order valence-corrected chi connectivity index (χ1v) is 10.6. The number of piperidine rings is 1. The third-order valence-corrected chi connectivity index (χ3v) is 6.36. The summed E-state index contributed by atoms with van der Waals surface area (Å²) in [6, 6.07) is 9.25. The first-order valence-electron chi connectivity index (χ1n) is 10.6. The Balaban J connectivity index is 1.57. The van der Waals surface area contributed by atoms with E-state index in [2.05, 4.69) is 6.92 Å². The van der Waals surface area contributed by atoms with Crippen LogP contribution in [0.3, 0.4) is 0 Å². The largest absolute Gasteiger partial charge is 0.507 e. The Morgan fingerprint density at radius 1 is 1.10 bits per heavy atom. The molecule has 6 heteroatoms. The van der Waals surface area contributed by atoms with Gasteiger partial charge in [-0.15, -0.1) is 0 Å². The SMILES string of the molecule is C[C@@H]1CCCC[NH+]1Cc1c(O)ccc2c(=O)c(-c3ccc4c(c3)OCCO4)coc12. The number of likely N-dealkylation sites (tertiary alicyclic amines) is 1. The summed E-state index contributed by atoms with van der Waals surface area (Å²) in [4.78, 5) is 14.7. The van der Waals surface area contributed by atoms with Crippen LogP contribution in [0.25, 0.3) is 22.1 Å². The number of nitrogens with one attached hydrogen (secondary N) is 1. The van der Waals surface area contributed by atoms with Crippen LogP contribution in [-0.4, -0.2) is 30.9 Å². The van der Waals surface area contributed by atoms with Crippen LogP contribution in [0.2, 0.25) is 0 Å². The summed E-state index contributed by atoms with van der Waals surface area (Å²) in [6.07, 6.45) is 5.11. The minimum Gasteiger partial charge on any atom is -0.507 e. The Morgan fingerprint density at radius 2 is 1.93 bits per heavy atom. The van der Waals surface area contributed by atoms with E-state index >= 15 is 0 Å². The lowest BCUT2D eigenvalue weighted by Gasteiger charge is -2.30. The molecule has 2 aliphatic heterocycles. The summed E-state index contributed by atoms with van der Waals surface area (Å²) >= 11 is 0. The van der Waals surface area contributed by atoms with Gasteiger partial charge in [0.2, 0.25) is 5.43 Å². The maximum Gasteiger partial charge on any atom is 0.200 e. The van der Waals surface area contributed by atoms with Crippen LogP contribution in [0, 0.1) is 0 Å². The number of hydrogen-bond acceptors (Lipinski definition) is 5. The maximum absolute atomic E-state index is 13.3. The fourth-order valence-electron chi connectivity index (χ4n) is 4.57. The number of rotatable bonds is 3. The topological polar surface area (TPSA) is 73.3 Å². The van der Waals surface area contributed by atoms with E-state index in [9.17, 15) is 9.90 Å². The number of aromatic hydroxyl groups is 1. The summed E-state index contributed by atoms with van der Waals surface area (Å²) in [5, 5.41) is 11.0. The second-order valence-corrected chi connectivity index (χ2v) is 8.26. The van der Waals surface area contributed by atoms with Gasteiger partial charge >= 0.3 is 0 Å². The Labute approximate surface area is 174 Å². The van der Waals surface area contributed by atoms with Crippen molar-refractivity contribution in [3.05, 3.63) is 52.4 Å². The molecule has 0 saturated carbocycles. The quantitative estimate of drug-likeness (QED) is 0.697. The molecular weight excluding hydrogens is 382 g/mol. The van der Waals surface area contributed by atoms with Crippen LogP contribution in [0.15, 0.2) is 45.8 Å². The highest BCUT2D eigenvalue weighted by Gasteiger charge is 2.25. The van der Waals surface area contributed by atoms with Crippen molar-refractivity contribution in [2.24, 2.45) is 0 Å². The van der Waals surface area contributed by atoms with Gasteiger partial charge < -0.3 is 23.9 Å². The molecule has 30 heavy (non-hydrogen) atoms. The second kappa shape index (κ2) is 7.69. The number of hydrogen-bond donors (Lipinski definition) is 2. The van der Waals surface area contributed by atoms with Gasteiger partial charge in [-0.25, -0.2) is 0 Å². The molecule has 1 fully saturated rings. The lowest BCUT2D eigenvalue weighted by molar-refractivity contribution is -0.941. The molecule has 3 aromatic rings. The normalized spacial score (nSPS) is 21.0. The number of ether oxygens (including phenoxy) is 2. The number of fused-ring (bicyclic) bond motifs is 2. The Hall–Kier alpha value is -2.99. The highest BCUT2D eigenvalue weighted by atomic mass is 16.6. The van der Waals surface area contributed by atoms with Crippen molar-refractivity contribution >= 4 is 11.0 Å². The fraction of sp³-hybridized carbons (Fsp3) is 0.375. The van der Waals surface area contributed by atoms with Crippen molar-refractivity contribution in [1.29, 1.82) is 0 Å². The zero-order valence-corrected chi connectivity index (χ0v) is 17.1. The first kappa shape index (κ1) is 19.0. The molecule has 1 saturated heterocycles. The molecule has 2 aliphatic rings. The Bertz CT molecular complexity index is 1150. The van der Waals surface area contributed by atoms with Crippen molar-refractivity contribution in [1.82, 2.24) is 0 Å². The van der Waals surface area contributed by atoms with Crippen LogP contribution in [0.4, 0.5) is 0 Å². The van der Waals surface area contributed by atoms with E-state index in [0.717, 1.165) is 12.1 Å². The van der Waals surface area contributed by atoms with Gasteiger partial charge in [-0.05, 0) is 56.0 Å². The summed E-state index contributed by atoms with van der Waals surface area (Å²) in [5.74, 6) is 1.50. The fourth-order valence-corrected chi connectivity index (χ4v) is 4.57. The highest BCUT2D eigenvalue weighted by molar-refractivity contribution is 5.85. The zero-order chi connectivity index (χ0) is 20.7. The van der Waals surface area contributed by atoms with Gasteiger partial charge in [0.15, 0.2) is 11.5 Å². The van der Waals surface area contributed by atoms with E-state index in [4.69, 9.17) is 13.9 Å². The highest BCUT2D eigenvalue weighted by Crippen LogP contribution is 2.34. The van der Waals surface area contributed by atoms with Crippen molar-refractivity contribution in [2.75, 3.05) is 19.8 Å². The van der Waals surface area contributed by atoms with Gasteiger partial charge in [-0.2, -0.15) is 0 Å². The van der Waals surface area contributed by atoms with Gasteiger partial charge in [-0.1, -0.05) is 6.07 Å². The van der Waals surface area contributed by atoms with Gasteiger partial charge in [0, 0.05) is 0 Å². The molecule has 156 valence electrons. The van der Waals surface area contributed by atoms with E-state index in [1.807, 2.05) is 18.2 Å². The summed E-state index contributed by atoms with van der Waals surface area (Å²) in [7, 11) is 0. The molecule has 6 nitrogen and oxygen atoms in total. The molecule has 1 aromatic heterocycles. The van der Waals surface area contributed by atoms with Crippen LogP contribution in [0.1, 0.15) is 31.7 Å². The molecule has 0 radical (unpaired) electrons. The van der Waals surface area contributed by atoms with Crippen molar-refractivity contribution in [2.45, 2.75) is 38.8 Å². The van der Waals surface area contributed by atoms with Gasteiger partial charge in [0.05, 0.1) is 29.1 Å². The van der Waals surface area contributed by atoms with Gasteiger partial charge in [0.25, 0.3) is 0 Å². The molecule has 0 spiro atoms. The number of phenols is 1. The van der Waals surface area contributed by atoms with E-state index < -0.39 is 0 Å². The predicted molar refractivity (Wildman–Crippen MR) is 113 cm³/mol. The number of benzene rings is 2. The van der Waals surface area contributed by atoms with E-state index in [1.54, 1.807) is 12.1 Å². The summed E-state index contributed by atoms with van der Waals surface area (Å²) < 4.78 is 17.2.